The molecule has 9 heteroatoms. The van der Waals surface area contributed by atoms with Crippen LogP contribution in [0.25, 0.3) is 0 Å². The molecule has 26 heavy (non-hydrogen) atoms. The van der Waals surface area contributed by atoms with Gasteiger partial charge in [-0.05, 0) is 32.0 Å². The molecule has 0 unspecified atom stereocenters. The molecular weight excluding hydrogens is 363 g/mol. The summed E-state index contributed by atoms with van der Waals surface area (Å²) in [6.45, 7) is -0.0991. The minimum Gasteiger partial charge on any atom is -0.384 e. The van der Waals surface area contributed by atoms with Crippen molar-refractivity contribution in [2.45, 2.75) is 25.4 Å². The van der Waals surface area contributed by atoms with E-state index in [0.717, 1.165) is 12.8 Å². The number of hydrogen-bond acceptors (Lipinski definition) is 5. The maximum absolute atomic E-state index is 13.9. The number of nitrogens with one attached hydrogen (secondary N) is 1. The normalized spacial score (nSPS) is 14.0. The van der Waals surface area contributed by atoms with E-state index in [2.05, 4.69) is 4.98 Å². The third-order valence-corrected chi connectivity index (χ3v) is 4.63. The summed E-state index contributed by atoms with van der Waals surface area (Å²) in [5, 5.41) is 0.254. The number of nitrogens with zero attached hydrogens (tertiary/aromatic N) is 2. The fourth-order valence-electron chi connectivity index (χ4n) is 2.86. The molecule has 0 spiro atoms. The Morgan fingerprint density at radius 3 is 2.73 bits per heavy atom. The number of nitrogen functional groups attached to an aromatic ring is 1. The first kappa shape index (κ1) is 18.3. The van der Waals surface area contributed by atoms with Gasteiger partial charge in [0.05, 0.1) is 6.54 Å². The number of rotatable bonds is 6. The number of nitrogens with two attached hydrogens (primary N) is 1. The number of anilines is 1. The van der Waals surface area contributed by atoms with Crippen LogP contribution in [0.5, 0.6) is 0 Å². The van der Waals surface area contributed by atoms with Gasteiger partial charge in [-0.2, -0.15) is 0 Å². The van der Waals surface area contributed by atoms with E-state index >= 15 is 0 Å². The van der Waals surface area contributed by atoms with Crippen molar-refractivity contribution in [3.05, 3.63) is 61.0 Å². The summed E-state index contributed by atoms with van der Waals surface area (Å²) >= 11 is 5.99. The Kier molecular flexibility index (Phi) is 4.97. The molecule has 7 nitrogen and oxygen atoms in total. The highest BCUT2D eigenvalue weighted by Gasteiger charge is 2.30. The molecule has 1 aromatic heterocycles. The van der Waals surface area contributed by atoms with E-state index in [1.54, 1.807) is 13.1 Å². The smallest absolute Gasteiger partial charge is 0.330 e. The number of Topliss-reactive ketones (excluding diaryl/α,β-unsaturated/α-hetero) is 1. The monoisotopic (exact) mass is 380 g/mol. The second-order valence-electron chi connectivity index (χ2n) is 6.42. The molecule has 0 bridgehead atoms. The number of aromatic nitrogens is 2. The van der Waals surface area contributed by atoms with Gasteiger partial charge in [0.25, 0.3) is 5.56 Å². The lowest BCUT2D eigenvalue weighted by molar-refractivity contribution is 0.0941. The van der Waals surface area contributed by atoms with Gasteiger partial charge in [-0.1, -0.05) is 17.7 Å². The zero-order valence-corrected chi connectivity index (χ0v) is 14.8. The van der Waals surface area contributed by atoms with Crippen LogP contribution in [-0.4, -0.2) is 33.8 Å². The van der Waals surface area contributed by atoms with E-state index in [1.165, 1.54) is 21.6 Å². The van der Waals surface area contributed by atoms with Crippen LogP contribution in [0.4, 0.5) is 10.2 Å². The second kappa shape index (κ2) is 7.05. The predicted octanol–water partition coefficient (Wildman–Crippen LogP) is 1.56. The number of H-pyrrole nitrogens is 1. The van der Waals surface area contributed by atoms with Crippen molar-refractivity contribution in [1.82, 2.24) is 14.5 Å². The number of carbonyl (C=O) groups excluding carboxylic acids is 1. The Morgan fingerprint density at radius 1 is 1.42 bits per heavy atom. The molecule has 3 rings (SSSR count). The highest BCUT2D eigenvalue weighted by Crippen LogP contribution is 2.35. The standard InChI is InChI=1S/C17H18ClFN4O3/c1-22(7-10-11(18)3-2-4-12(10)19)8-13(24)14-15(20)23(9-5-6-9)17(26)21-16(14)25/h2-4,9H,5-8,20H2,1H3,(H,21,25,26). The van der Waals surface area contributed by atoms with E-state index in [9.17, 15) is 18.8 Å². The molecule has 0 aliphatic heterocycles. The average Bonchev–Trinajstić information content (AvgIpc) is 3.35. The summed E-state index contributed by atoms with van der Waals surface area (Å²) < 4.78 is 15.1. The lowest BCUT2D eigenvalue weighted by atomic mass is 10.1. The lowest BCUT2D eigenvalue weighted by Crippen LogP contribution is -2.38. The van der Waals surface area contributed by atoms with Crippen LogP contribution in [0.2, 0.25) is 5.02 Å². The fourth-order valence-corrected chi connectivity index (χ4v) is 3.09. The zero-order chi connectivity index (χ0) is 19.0. The quantitative estimate of drug-likeness (QED) is 0.740. The molecule has 1 saturated carbocycles. The molecule has 1 aliphatic carbocycles. The van der Waals surface area contributed by atoms with Gasteiger partial charge >= 0.3 is 5.69 Å². The van der Waals surface area contributed by atoms with Crippen molar-refractivity contribution in [2.75, 3.05) is 19.3 Å². The van der Waals surface area contributed by atoms with E-state index in [-0.39, 0.29) is 41.1 Å². The first-order valence-electron chi connectivity index (χ1n) is 8.08. The fraction of sp³-hybridized carbons (Fsp3) is 0.353. The van der Waals surface area contributed by atoms with Gasteiger partial charge in [-0.3, -0.25) is 24.0 Å². The summed E-state index contributed by atoms with van der Waals surface area (Å²) in [6, 6.07) is 4.25. The molecule has 0 atom stereocenters. The maximum atomic E-state index is 13.9. The number of benzene rings is 1. The molecule has 3 N–H and O–H groups in total. The molecule has 1 fully saturated rings. The highest BCUT2D eigenvalue weighted by atomic mass is 35.5. The van der Waals surface area contributed by atoms with Gasteiger partial charge in [0, 0.05) is 23.2 Å². The number of carbonyl (C=O) groups is 1. The van der Waals surface area contributed by atoms with E-state index in [0.29, 0.717) is 0 Å². The molecule has 0 radical (unpaired) electrons. The molecule has 0 amide bonds. The predicted molar refractivity (Wildman–Crippen MR) is 96.1 cm³/mol. The van der Waals surface area contributed by atoms with Crippen LogP contribution in [0, 0.1) is 5.82 Å². The Balaban J connectivity index is 1.83. The SMILES string of the molecule is CN(CC(=O)c1c(N)n(C2CC2)c(=O)[nH]c1=O)Cc1c(F)cccc1Cl. The maximum Gasteiger partial charge on any atom is 0.330 e. The minimum absolute atomic E-state index is 0.0807. The lowest BCUT2D eigenvalue weighted by Gasteiger charge is -2.18. The molecule has 2 aromatic rings. The van der Waals surface area contributed by atoms with Crippen LogP contribution < -0.4 is 17.0 Å². The van der Waals surface area contributed by atoms with Gasteiger partial charge < -0.3 is 5.73 Å². The van der Waals surface area contributed by atoms with E-state index in [4.69, 9.17) is 17.3 Å². The topological polar surface area (TPSA) is 101 Å². The Bertz CT molecular complexity index is 961. The van der Waals surface area contributed by atoms with Crippen LogP contribution in [0.1, 0.15) is 34.8 Å². The first-order valence-corrected chi connectivity index (χ1v) is 8.46. The summed E-state index contributed by atoms with van der Waals surface area (Å²) in [4.78, 5) is 40.2. The van der Waals surface area contributed by atoms with Crippen LogP contribution in [-0.2, 0) is 6.54 Å². The van der Waals surface area contributed by atoms with Crippen molar-refractivity contribution in [2.24, 2.45) is 0 Å². The summed E-state index contributed by atoms with van der Waals surface area (Å²) in [5.74, 6) is -1.15. The van der Waals surface area contributed by atoms with Crippen molar-refractivity contribution >= 4 is 23.2 Å². The van der Waals surface area contributed by atoms with Crippen molar-refractivity contribution in [3.8, 4) is 0 Å². The number of ketones is 1. The molecule has 1 heterocycles. The van der Waals surface area contributed by atoms with Gasteiger partial charge in [0.2, 0.25) is 0 Å². The van der Waals surface area contributed by atoms with Gasteiger partial charge in [0.15, 0.2) is 5.78 Å². The van der Waals surface area contributed by atoms with E-state index in [1.807, 2.05) is 0 Å². The Labute approximate surface area is 153 Å². The number of halogens is 2. The first-order chi connectivity index (χ1) is 12.3. The average molecular weight is 381 g/mol. The Hall–Kier alpha value is -2.45. The summed E-state index contributed by atoms with van der Waals surface area (Å²) in [6.07, 6.45) is 1.55. The number of likely N-dealkylation sites (N-methyl/N-ethyl adjacent to an activating group) is 1. The largest absolute Gasteiger partial charge is 0.384 e. The van der Waals surface area contributed by atoms with Crippen molar-refractivity contribution in [3.63, 3.8) is 0 Å². The third kappa shape index (κ3) is 3.56. The van der Waals surface area contributed by atoms with Crippen LogP contribution >= 0.6 is 11.6 Å². The van der Waals surface area contributed by atoms with Crippen molar-refractivity contribution in [1.29, 1.82) is 0 Å². The highest BCUT2D eigenvalue weighted by molar-refractivity contribution is 6.31. The second-order valence-corrected chi connectivity index (χ2v) is 6.82. The minimum atomic E-state index is -0.813. The molecule has 1 aromatic carbocycles. The number of hydrogen-bond donors (Lipinski definition) is 2. The molecule has 0 saturated heterocycles. The van der Waals surface area contributed by atoms with Gasteiger partial charge in [0.1, 0.15) is 17.2 Å². The third-order valence-electron chi connectivity index (χ3n) is 4.28. The van der Waals surface area contributed by atoms with Crippen LogP contribution in [0.15, 0.2) is 27.8 Å². The Morgan fingerprint density at radius 2 is 2.12 bits per heavy atom. The molecule has 1 aliphatic rings. The van der Waals surface area contributed by atoms with Gasteiger partial charge in [-0.15, -0.1) is 0 Å². The summed E-state index contributed by atoms with van der Waals surface area (Å²) in [5.41, 5.74) is 4.51. The molecule has 138 valence electrons. The number of aromatic amines is 1. The zero-order valence-electron chi connectivity index (χ0n) is 14.1. The van der Waals surface area contributed by atoms with Gasteiger partial charge in [-0.25, -0.2) is 9.18 Å². The van der Waals surface area contributed by atoms with Crippen molar-refractivity contribution < 1.29 is 9.18 Å². The molecular formula is C17H18ClFN4O3. The summed E-state index contributed by atoms with van der Waals surface area (Å²) in [7, 11) is 1.60. The van der Waals surface area contributed by atoms with Crippen LogP contribution in [0.3, 0.4) is 0 Å². The van der Waals surface area contributed by atoms with E-state index < -0.39 is 22.8 Å².